The molecular formula is C19H15F2NO5S. The molecule has 0 radical (unpaired) electrons. The summed E-state index contributed by atoms with van der Waals surface area (Å²) in [6.07, 6.45) is 0.727. The monoisotopic (exact) mass is 407 g/mol. The minimum Gasteiger partial charge on any atom is -0.457 e. The summed E-state index contributed by atoms with van der Waals surface area (Å²) >= 11 is 0. The van der Waals surface area contributed by atoms with E-state index < -0.39 is 27.4 Å². The van der Waals surface area contributed by atoms with Crippen LogP contribution in [0.3, 0.4) is 0 Å². The molecule has 6 nitrogen and oxygen atoms in total. The summed E-state index contributed by atoms with van der Waals surface area (Å²) in [7, 11) is -4.18. The molecule has 1 spiro atoms. The van der Waals surface area contributed by atoms with Crippen molar-refractivity contribution in [3.63, 3.8) is 0 Å². The molecule has 0 aromatic heterocycles. The topological polar surface area (TPSA) is 85.6 Å². The summed E-state index contributed by atoms with van der Waals surface area (Å²) in [6, 6.07) is 6.49. The van der Waals surface area contributed by atoms with Gasteiger partial charge in [-0.1, -0.05) is 0 Å². The van der Waals surface area contributed by atoms with Gasteiger partial charge in [0.2, 0.25) is 9.84 Å². The first-order valence-electron chi connectivity index (χ1n) is 8.50. The van der Waals surface area contributed by atoms with E-state index in [1.165, 1.54) is 18.2 Å². The number of rotatable bonds is 4. The molecule has 0 atom stereocenters. The van der Waals surface area contributed by atoms with Crippen LogP contribution >= 0.6 is 0 Å². The van der Waals surface area contributed by atoms with Crippen molar-refractivity contribution >= 4 is 9.84 Å². The third-order valence-corrected chi connectivity index (χ3v) is 6.08. The molecular weight excluding hydrogens is 392 g/mol. The zero-order valence-electron chi connectivity index (χ0n) is 14.6. The summed E-state index contributed by atoms with van der Waals surface area (Å²) in [5.41, 5.74) is 0.818. The summed E-state index contributed by atoms with van der Waals surface area (Å²) in [5.74, 6) is -1.53. The van der Waals surface area contributed by atoms with Gasteiger partial charge in [0.25, 0.3) is 0 Å². The van der Waals surface area contributed by atoms with Gasteiger partial charge >= 0.3 is 0 Å². The fourth-order valence-corrected chi connectivity index (χ4v) is 4.64. The van der Waals surface area contributed by atoms with Gasteiger partial charge in [-0.15, -0.1) is 0 Å². The fraction of sp³-hybridized carbons (Fsp3) is 0.316. The number of hydrogen-bond donors (Lipinski definition) is 0. The molecule has 1 saturated heterocycles. The van der Waals surface area contributed by atoms with E-state index in [-0.39, 0.29) is 40.7 Å². The molecule has 1 aliphatic carbocycles. The zero-order valence-corrected chi connectivity index (χ0v) is 15.4. The molecule has 0 bridgehead atoms. The lowest BCUT2D eigenvalue weighted by molar-refractivity contribution is -0.164. The van der Waals surface area contributed by atoms with E-state index in [1.54, 1.807) is 0 Å². The number of hydrogen-bond acceptors (Lipinski definition) is 6. The maximum absolute atomic E-state index is 13.7. The molecule has 9 heteroatoms. The molecule has 2 aromatic rings. The SMILES string of the molecule is N#Cc1cc(F)cc(Oc2ccc(S(=O)(=O)CF)c3c2CCC32OCCO2)c1. The van der Waals surface area contributed by atoms with E-state index in [2.05, 4.69) is 0 Å². The minimum absolute atomic E-state index is 0.0854. The highest BCUT2D eigenvalue weighted by Gasteiger charge is 2.48. The highest BCUT2D eigenvalue weighted by Crippen LogP contribution is 2.50. The molecule has 146 valence electrons. The van der Waals surface area contributed by atoms with Gasteiger partial charge in [-0.2, -0.15) is 5.26 Å². The molecule has 0 N–H and O–H groups in total. The Balaban J connectivity index is 1.85. The first-order valence-corrected chi connectivity index (χ1v) is 10.2. The highest BCUT2D eigenvalue weighted by atomic mass is 32.2. The van der Waals surface area contributed by atoms with Gasteiger partial charge in [-0.05, 0) is 30.7 Å². The number of sulfone groups is 1. The van der Waals surface area contributed by atoms with Gasteiger partial charge in [-0.3, -0.25) is 0 Å². The average molecular weight is 407 g/mol. The van der Waals surface area contributed by atoms with Crippen LogP contribution < -0.4 is 4.74 Å². The molecule has 0 unspecified atom stereocenters. The second kappa shape index (κ2) is 6.81. The Morgan fingerprint density at radius 1 is 1.21 bits per heavy atom. The van der Waals surface area contributed by atoms with Gasteiger partial charge in [0.1, 0.15) is 17.3 Å². The van der Waals surface area contributed by atoms with E-state index in [9.17, 15) is 17.2 Å². The van der Waals surface area contributed by atoms with Crippen LogP contribution in [0.15, 0.2) is 35.2 Å². The number of benzene rings is 2. The van der Waals surface area contributed by atoms with Crippen molar-refractivity contribution < 1.29 is 31.4 Å². The smallest absolute Gasteiger partial charge is 0.207 e. The molecule has 28 heavy (non-hydrogen) atoms. The average Bonchev–Trinajstić information content (AvgIpc) is 3.30. The third-order valence-electron chi connectivity index (χ3n) is 4.78. The molecule has 4 rings (SSSR count). The molecule has 1 aliphatic heterocycles. The van der Waals surface area contributed by atoms with E-state index >= 15 is 0 Å². The van der Waals surface area contributed by atoms with Crippen molar-refractivity contribution in [1.29, 1.82) is 5.26 Å². The molecule has 0 amide bonds. The molecule has 0 saturated carbocycles. The highest BCUT2D eigenvalue weighted by molar-refractivity contribution is 7.91. The Kier molecular flexibility index (Phi) is 4.57. The predicted molar refractivity (Wildman–Crippen MR) is 92.7 cm³/mol. The van der Waals surface area contributed by atoms with Crippen LogP contribution in [-0.2, 0) is 31.5 Å². The van der Waals surface area contributed by atoms with Gasteiger partial charge in [-0.25, -0.2) is 17.2 Å². The van der Waals surface area contributed by atoms with E-state index in [4.69, 9.17) is 19.5 Å². The number of fused-ring (bicyclic) bond motifs is 2. The summed E-state index contributed by atoms with van der Waals surface area (Å²) in [5, 5.41) is 8.99. The normalized spacial score (nSPS) is 17.5. The Bertz CT molecular complexity index is 1090. The molecule has 2 aromatic carbocycles. The standard InChI is InChI=1S/C19H15F2NO5S/c20-11-28(23,24)17-2-1-16(27-14-8-12(10-22)7-13(21)9-14)15-3-4-19(18(15)17)25-5-6-26-19/h1-2,7-9H,3-6,11H2. The Morgan fingerprint density at radius 2 is 1.96 bits per heavy atom. The zero-order chi connectivity index (χ0) is 19.9. The van der Waals surface area contributed by atoms with Gasteiger partial charge < -0.3 is 14.2 Å². The van der Waals surface area contributed by atoms with Crippen LogP contribution in [0.4, 0.5) is 8.78 Å². The Labute approximate surface area is 160 Å². The number of nitrogens with zero attached hydrogens (tertiary/aromatic N) is 1. The third kappa shape index (κ3) is 3.03. The van der Waals surface area contributed by atoms with Crippen LogP contribution in [0.2, 0.25) is 0 Å². The van der Waals surface area contributed by atoms with Gasteiger partial charge in [0.05, 0.1) is 29.7 Å². The van der Waals surface area contributed by atoms with Crippen LogP contribution in [0.25, 0.3) is 0 Å². The van der Waals surface area contributed by atoms with E-state index in [0.717, 1.165) is 12.1 Å². The second-order valence-corrected chi connectivity index (χ2v) is 8.37. The lowest BCUT2D eigenvalue weighted by Gasteiger charge is -2.25. The Morgan fingerprint density at radius 3 is 2.64 bits per heavy atom. The quantitative estimate of drug-likeness (QED) is 0.773. The first kappa shape index (κ1) is 18.8. The summed E-state index contributed by atoms with van der Waals surface area (Å²) < 4.78 is 68.6. The lowest BCUT2D eigenvalue weighted by Crippen LogP contribution is -2.26. The van der Waals surface area contributed by atoms with Crippen LogP contribution in [0, 0.1) is 17.1 Å². The fourth-order valence-electron chi connectivity index (χ4n) is 3.66. The predicted octanol–water partition coefficient (Wildman–Crippen LogP) is 3.34. The van der Waals surface area contributed by atoms with E-state index in [1.807, 2.05) is 6.07 Å². The number of alkyl halides is 1. The van der Waals surface area contributed by atoms with Crippen molar-refractivity contribution in [3.8, 4) is 17.6 Å². The Hall–Kier alpha value is -2.54. The first-order chi connectivity index (χ1) is 13.4. The molecule has 1 fully saturated rings. The van der Waals surface area contributed by atoms with Crippen molar-refractivity contribution in [1.82, 2.24) is 0 Å². The van der Waals surface area contributed by atoms with Crippen LogP contribution in [0.5, 0.6) is 11.5 Å². The van der Waals surface area contributed by atoms with Crippen LogP contribution in [-0.4, -0.2) is 27.6 Å². The maximum atomic E-state index is 13.7. The molecule has 1 heterocycles. The maximum Gasteiger partial charge on any atom is 0.207 e. The summed E-state index contributed by atoms with van der Waals surface area (Å²) in [6.45, 7) is 0.574. The van der Waals surface area contributed by atoms with Crippen molar-refractivity contribution in [3.05, 3.63) is 52.8 Å². The summed E-state index contributed by atoms with van der Waals surface area (Å²) in [4.78, 5) is -0.200. The largest absolute Gasteiger partial charge is 0.457 e. The van der Waals surface area contributed by atoms with Gasteiger partial charge in [0, 0.05) is 23.6 Å². The number of halogens is 2. The number of nitriles is 1. The number of ether oxygens (including phenoxy) is 3. The lowest BCUT2D eigenvalue weighted by atomic mass is 10.1. The second-order valence-electron chi connectivity index (χ2n) is 6.48. The van der Waals surface area contributed by atoms with E-state index in [0.29, 0.717) is 18.4 Å². The van der Waals surface area contributed by atoms with Crippen LogP contribution in [0.1, 0.15) is 23.1 Å². The van der Waals surface area contributed by atoms with Crippen molar-refractivity contribution in [2.45, 2.75) is 23.5 Å². The minimum atomic E-state index is -4.18. The molecule has 2 aliphatic rings. The van der Waals surface area contributed by atoms with Crippen molar-refractivity contribution in [2.75, 3.05) is 19.2 Å². The van der Waals surface area contributed by atoms with Gasteiger partial charge in [0.15, 0.2) is 11.8 Å². The van der Waals surface area contributed by atoms with Crippen molar-refractivity contribution in [2.24, 2.45) is 0 Å².